The van der Waals surface area contributed by atoms with E-state index in [0.29, 0.717) is 17.7 Å². The van der Waals surface area contributed by atoms with E-state index in [1.54, 1.807) is 0 Å². The number of rotatable bonds is 1. The van der Waals surface area contributed by atoms with Gasteiger partial charge in [-0.15, -0.1) is 0 Å². The van der Waals surface area contributed by atoms with Crippen LogP contribution in [0.4, 0.5) is 0 Å². The van der Waals surface area contributed by atoms with E-state index in [2.05, 4.69) is 17.1 Å². The third kappa shape index (κ3) is 1.99. The second kappa shape index (κ2) is 4.27. The third-order valence-electron chi connectivity index (χ3n) is 5.02. The first-order valence-electron chi connectivity index (χ1n) is 7.25. The van der Waals surface area contributed by atoms with Crippen LogP contribution in [0.25, 0.3) is 0 Å². The van der Waals surface area contributed by atoms with Gasteiger partial charge in [0, 0.05) is 25.6 Å². The Labute approximate surface area is 104 Å². The highest BCUT2D eigenvalue weighted by Crippen LogP contribution is 2.43. The second-order valence-corrected chi connectivity index (χ2v) is 6.27. The Balaban J connectivity index is 1.77. The molecule has 1 amide bonds. The van der Waals surface area contributed by atoms with Crippen molar-refractivity contribution in [3.8, 4) is 0 Å². The average molecular weight is 236 g/mol. The number of hydrogen-bond acceptors (Lipinski definition) is 2. The maximum atomic E-state index is 12.5. The summed E-state index contributed by atoms with van der Waals surface area (Å²) in [7, 11) is 0. The van der Waals surface area contributed by atoms with Crippen LogP contribution in [0.1, 0.15) is 45.4 Å². The molecule has 96 valence electrons. The third-order valence-corrected chi connectivity index (χ3v) is 5.02. The lowest BCUT2D eigenvalue weighted by atomic mass is 9.78. The molecule has 0 aromatic rings. The van der Waals surface area contributed by atoms with Gasteiger partial charge in [-0.2, -0.15) is 0 Å². The number of hydrogen-bond donors (Lipinski definition) is 1. The van der Waals surface area contributed by atoms with Crippen molar-refractivity contribution in [2.24, 2.45) is 11.8 Å². The Bertz CT molecular complexity index is 301. The number of carbonyl (C=O) groups is 1. The van der Waals surface area contributed by atoms with E-state index in [4.69, 9.17) is 0 Å². The molecule has 1 aliphatic heterocycles. The van der Waals surface area contributed by atoms with Crippen LogP contribution in [0.15, 0.2) is 0 Å². The monoisotopic (exact) mass is 236 g/mol. The minimum Gasteiger partial charge on any atom is -0.334 e. The number of piperazine rings is 1. The molecule has 0 aromatic carbocycles. The molecule has 1 saturated heterocycles. The molecule has 2 unspecified atom stereocenters. The van der Waals surface area contributed by atoms with E-state index in [-0.39, 0.29) is 5.54 Å². The predicted octanol–water partition coefficient (Wildman–Crippen LogP) is 1.78. The van der Waals surface area contributed by atoms with Crippen LogP contribution in [-0.4, -0.2) is 36.0 Å². The van der Waals surface area contributed by atoms with Gasteiger partial charge in [-0.05, 0) is 25.2 Å². The summed E-state index contributed by atoms with van der Waals surface area (Å²) in [6.45, 7) is 5.15. The molecular weight excluding hydrogens is 212 g/mol. The van der Waals surface area contributed by atoms with Crippen LogP contribution in [-0.2, 0) is 4.79 Å². The molecule has 1 heterocycles. The van der Waals surface area contributed by atoms with Gasteiger partial charge in [0.2, 0.25) is 5.91 Å². The largest absolute Gasteiger partial charge is 0.334 e. The molecule has 2 saturated carbocycles. The lowest BCUT2D eigenvalue weighted by Gasteiger charge is -2.50. The first-order chi connectivity index (χ1) is 8.23. The summed E-state index contributed by atoms with van der Waals surface area (Å²) in [5.41, 5.74) is 0.176. The molecule has 3 rings (SSSR count). The SMILES string of the molecule is CC1CC1C(=O)N1CCNCC12CCCCC2. The van der Waals surface area contributed by atoms with Gasteiger partial charge in [0.1, 0.15) is 0 Å². The highest BCUT2D eigenvalue weighted by molar-refractivity contribution is 5.82. The van der Waals surface area contributed by atoms with Gasteiger partial charge in [-0.3, -0.25) is 4.79 Å². The molecule has 2 aliphatic carbocycles. The molecule has 0 radical (unpaired) electrons. The zero-order valence-corrected chi connectivity index (χ0v) is 10.9. The highest BCUT2D eigenvalue weighted by atomic mass is 16.2. The topological polar surface area (TPSA) is 32.3 Å². The van der Waals surface area contributed by atoms with E-state index in [0.717, 1.165) is 26.1 Å². The van der Waals surface area contributed by atoms with Crippen molar-refractivity contribution < 1.29 is 4.79 Å². The summed E-state index contributed by atoms with van der Waals surface area (Å²) in [5, 5.41) is 3.51. The molecule has 17 heavy (non-hydrogen) atoms. The van der Waals surface area contributed by atoms with Crippen molar-refractivity contribution in [1.29, 1.82) is 0 Å². The smallest absolute Gasteiger partial charge is 0.226 e. The van der Waals surface area contributed by atoms with E-state index in [9.17, 15) is 4.79 Å². The molecule has 2 atom stereocenters. The minimum absolute atomic E-state index is 0.176. The van der Waals surface area contributed by atoms with Crippen molar-refractivity contribution in [1.82, 2.24) is 10.2 Å². The number of amides is 1. The highest BCUT2D eigenvalue weighted by Gasteiger charge is 2.48. The number of nitrogens with one attached hydrogen (secondary N) is 1. The fourth-order valence-corrected chi connectivity index (χ4v) is 3.71. The van der Waals surface area contributed by atoms with E-state index < -0.39 is 0 Å². The van der Waals surface area contributed by atoms with Crippen LogP contribution in [0.5, 0.6) is 0 Å². The van der Waals surface area contributed by atoms with Crippen LogP contribution >= 0.6 is 0 Å². The Kier molecular flexibility index (Phi) is 2.89. The van der Waals surface area contributed by atoms with Gasteiger partial charge in [0.15, 0.2) is 0 Å². The van der Waals surface area contributed by atoms with E-state index >= 15 is 0 Å². The first-order valence-corrected chi connectivity index (χ1v) is 7.25. The maximum absolute atomic E-state index is 12.5. The Morgan fingerprint density at radius 3 is 2.65 bits per heavy atom. The van der Waals surface area contributed by atoms with Crippen molar-refractivity contribution in [3.63, 3.8) is 0 Å². The normalized spacial score (nSPS) is 35.9. The fourth-order valence-electron chi connectivity index (χ4n) is 3.71. The summed E-state index contributed by atoms with van der Waals surface area (Å²) in [6.07, 6.45) is 7.50. The van der Waals surface area contributed by atoms with Crippen LogP contribution < -0.4 is 5.32 Å². The van der Waals surface area contributed by atoms with Crippen molar-refractivity contribution in [2.45, 2.75) is 51.0 Å². The molecule has 3 nitrogen and oxygen atoms in total. The van der Waals surface area contributed by atoms with Gasteiger partial charge in [-0.1, -0.05) is 26.2 Å². The van der Waals surface area contributed by atoms with Crippen LogP contribution in [0.2, 0.25) is 0 Å². The zero-order valence-electron chi connectivity index (χ0n) is 10.9. The van der Waals surface area contributed by atoms with Gasteiger partial charge in [-0.25, -0.2) is 0 Å². The minimum atomic E-state index is 0.176. The molecule has 0 bridgehead atoms. The van der Waals surface area contributed by atoms with Gasteiger partial charge >= 0.3 is 0 Å². The van der Waals surface area contributed by atoms with Gasteiger partial charge in [0.25, 0.3) is 0 Å². The Hall–Kier alpha value is -0.570. The molecule has 1 spiro atoms. The molecule has 3 heteroatoms. The van der Waals surface area contributed by atoms with E-state index in [1.807, 2.05) is 0 Å². The van der Waals surface area contributed by atoms with E-state index in [1.165, 1.54) is 32.1 Å². The molecular formula is C14H24N2O. The molecule has 3 aliphatic rings. The summed E-state index contributed by atoms with van der Waals surface area (Å²) >= 11 is 0. The van der Waals surface area contributed by atoms with Gasteiger partial charge in [0.05, 0.1) is 5.54 Å². The predicted molar refractivity (Wildman–Crippen MR) is 67.7 cm³/mol. The Morgan fingerprint density at radius 1 is 1.29 bits per heavy atom. The fraction of sp³-hybridized carbons (Fsp3) is 0.929. The summed E-state index contributed by atoms with van der Waals surface area (Å²) in [6, 6.07) is 0. The average Bonchev–Trinajstić information content (AvgIpc) is 3.07. The second-order valence-electron chi connectivity index (χ2n) is 6.27. The lowest BCUT2D eigenvalue weighted by Crippen LogP contribution is -2.64. The summed E-state index contributed by atoms with van der Waals surface area (Å²) in [4.78, 5) is 14.8. The molecule has 1 N–H and O–H groups in total. The van der Waals surface area contributed by atoms with Crippen molar-refractivity contribution in [3.05, 3.63) is 0 Å². The van der Waals surface area contributed by atoms with Crippen molar-refractivity contribution in [2.75, 3.05) is 19.6 Å². The van der Waals surface area contributed by atoms with Gasteiger partial charge < -0.3 is 10.2 Å². The van der Waals surface area contributed by atoms with Crippen LogP contribution in [0.3, 0.4) is 0 Å². The summed E-state index contributed by atoms with van der Waals surface area (Å²) in [5.74, 6) is 1.45. The number of carbonyl (C=O) groups excluding carboxylic acids is 1. The molecule has 3 fully saturated rings. The van der Waals surface area contributed by atoms with Crippen molar-refractivity contribution >= 4 is 5.91 Å². The maximum Gasteiger partial charge on any atom is 0.226 e. The van der Waals surface area contributed by atoms with Crippen LogP contribution in [0, 0.1) is 11.8 Å². The standard InChI is InChI=1S/C14H24N2O/c1-11-9-12(11)13(17)16-8-7-15-10-14(16)5-3-2-4-6-14/h11-12,15H,2-10H2,1H3. The quantitative estimate of drug-likeness (QED) is 0.752. The summed E-state index contributed by atoms with van der Waals surface area (Å²) < 4.78 is 0. The Morgan fingerprint density at radius 2 is 2.00 bits per heavy atom. The first kappa shape index (κ1) is 11.5. The molecule has 0 aromatic heterocycles. The zero-order chi connectivity index (χ0) is 11.9. The number of nitrogens with zero attached hydrogens (tertiary/aromatic N) is 1. The lowest BCUT2D eigenvalue weighted by molar-refractivity contribution is -0.142.